The van der Waals surface area contributed by atoms with Gasteiger partial charge in [-0.15, -0.1) is 0 Å². The Kier molecular flexibility index (Phi) is 17.3. The molecular formula is C41H65NO9. The zero-order valence-electron chi connectivity index (χ0n) is 32.1. The lowest BCUT2D eigenvalue weighted by Gasteiger charge is -2.49. The summed E-state index contributed by atoms with van der Waals surface area (Å²) in [5, 5.41) is 11.0. The number of aliphatic hydroxyl groups is 1. The van der Waals surface area contributed by atoms with Crippen molar-refractivity contribution in [1.29, 1.82) is 0 Å². The molecule has 2 aromatic carbocycles. The molecule has 0 amide bonds. The zero-order valence-corrected chi connectivity index (χ0v) is 32.1. The summed E-state index contributed by atoms with van der Waals surface area (Å²) in [6.45, 7) is 13.6. The summed E-state index contributed by atoms with van der Waals surface area (Å²) in [6.07, 6.45) is -1.30. The summed E-state index contributed by atoms with van der Waals surface area (Å²) in [5.74, 6) is -0.240. The number of ether oxygens (including phenoxy) is 8. The average Bonchev–Trinajstić information content (AvgIpc) is 3.14. The molecule has 2 aromatic rings. The minimum absolute atomic E-state index is 0.0135. The number of rotatable bonds is 20. The van der Waals surface area contributed by atoms with E-state index in [-0.39, 0.29) is 48.2 Å². The van der Waals surface area contributed by atoms with E-state index in [9.17, 15) is 5.11 Å². The van der Waals surface area contributed by atoms with E-state index in [1.54, 1.807) is 14.2 Å². The first kappa shape index (κ1) is 41.8. The smallest absolute Gasteiger partial charge is 0.163 e. The molecular weight excluding hydrogens is 650 g/mol. The molecule has 0 aromatic heterocycles. The van der Waals surface area contributed by atoms with Crippen LogP contribution in [0.2, 0.25) is 0 Å². The van der Waals surface area contributed by atoms with Crippen molar-refractivity contribution in [1.82, 2.24) is 0 Å². The summed E-state index contributed by atoms with van der Waals surface area (Å²) in [5.41, 5.74) is 8.77. The van der Waals surface area contributed by atoms with Crippen molar-refractivity contribution in [2.24, 2.45) is 23.5 Å². The number of benzene rings is 2. The lowest BCUT2D eigenvalue weighted by molar-refractivity contribution is -0.347. The second kappa shape index (κ2) is 21.1. The second-order valence-corrected chi connectivity index (χ2v) is 14.5. The minimum atomic E-state index is -0.624. The van der Waals surface area contributed by atoms with Crippen LogP contribution < -0.4 is 5.73 Å². The second-order valence-electron chi connectivity index (χ2n) is 14.5. The van der Waals surface area contributed by atoms with Crippen LogP contribution in [-0.4, -0.2) is 93.4 Å². The lowest BCUT2D eigenvalue weighted by Crippen LogP contribution is -2.59. The highest BCUT2D eigenvalue weighted by Gasteiger charge is 2.49. The van der Waals surface area contributed by atoms with Gasteiger partial charge in [0, 0.05) is 32.5 Å². The summed E-state index contributed by atoms with van der Waals surface area (Å²) >= 11 is 0. The summed E-state index contributed by atoms with van der Waals surface area (Å²) in [6, 6.07) is 19.8. The average molecular weight is 716 g/mol. The molecule has 2 heterocycles. The van der Waals surface area contributed by atoms with Crippen molar-refractivity contribution in [3.63, 3.8) is 0 Å². The molecule has 0 spiro atoms. The van der Waals surface area contributed by atoms with Crippen LogP contribution in [0.25, 0.3) is 0 Å². The van der Waals surface area contributed by atoms with E-state index in [0.717, 1.165) is 30.4 Å². The Balaban J connectivity index is 1.57. The van der Waals surface area contributed by atoms with Gasteiger partial charge in [-0.3, -0.25) is 0 Å². The van der Waals surface area contributed by atoms with Crippen LogP contribution in [0.3, 0.4) is 0 Å². The van der Waals surface area contributed by atoms with Gasteiger partial charge in [0.25, 0.3) is 0 Å². The van der Waals surface area contributed by atoms with E-state index in [1.807, 2.05) is 55.5 Å². The van der Waals surface area contributed by atoms with Gasteiger partial charge >= 0.3 is 0 Å². The van der Waals surface area contributed by atoms with Crippen LogP contribution in [0.1, 0.15) is 78.4 Å². The topological polar surface area (TPSA) is 120 Å². The van der Waals surface area contributed by atoms with Gasteiger partial charge in [-0.25, -0.2) is 0 Å². The molecule has 14 unspecified atom stereocenters. The molecule has 10 heteroatoms. The van der Waals surface area contributed by atoms with Crippen LogP contribution in [0.15, 0.2) is 60.7 Å². The minimum Gasteiger partial charge on any atom is -0.390 e. The quantitative estimate of drug-likeness (QED) is 0.163. The van der Waals surface area contributed by atoms with Crippen LogP contribution >= 0.6 is 0 Å². The first-order chi connectivity index (χ1) is 24.6. The number of nitrogens with two attached hydrogens (primary N) is 1. The first-order valence-electron chi connectivity index (χ1n) is 19.0. The number of hydrogen-bond acceptors (Lipinski definition) is 10. The van der Waals surface area contributed by atoms with E-state index in [0.29, 0.717) is 26.2 Å². The molecule has 2 aliphatic heterocycles. The van der Waals surface area contributed by atoms with Gasteiger partial charge in [0.2, 0.25) is 0 Å². The van der Waals surface area contributed by atoms with Crippen LogP contribution in [-0.2, 0) is 51.1 Å². The Morgan fingerprint density at radius 3 is 2.00 bits per heavy atom. The largest absolute Gasteiger partial charge is 0.390 e. The van der Waals surface area contributed by atoms with E-state index in [1.165, 1.54) is 0 Å². The number of hydrogen-bond donors (Lipinski definition) is 2. The molecule has 51 heavy (non-hydrogen) atoms. The third-order valence-electron chi connectivity index (χ3n) is 10.8. The van der Waals surface area contributed by atoms with Gasteiger partial charge in [0.1, 0.15) is 6.10 Å². The maximum atomic E-state index is 11.0. The van der Waals surface area contributed by atoms with Crippen molar-refractivity contribution in [2.75, 3.05) is 20.8 Å². The maximum Gasteiger partial charge on any atom is 0.163 e. The van der Waals surface area contributed by atoms with Crippen molar-refractivity contribution in [3.8, 4) is 0 Å². The SMILES string of the molecule is CCCC1OC(OC2C(C)OC(OC(CC(OCc3ccccc3)C(N)COC)C(CC)OC)C(C)C2OCc2ccccc2)C(C)C(C)C1O. The van der Waals surface area contributed by atoms with Gasteiger partial charge in [-0.2, -0.15) is 0 Å². The highest BCUT2D eigenvalue weighted by atomic mass is 16.7. The van der Waals surface area contributed by atoms with Gasteiger partial charge in [-0.05, 0) is 36.8 Å². The third-order valence-corrected chi connectivity index (χ3v) is 10.8. The van der Waals surface area contributed by atoms with Gasteiger partial charge < -0.3 is 48.7 Å². The Bertz CT molecular complexity index is 1220. The van der Waals surface area contributed by atoms with E-state index in [2.05, 4.69) is 46.8 Å². The fraction of sp³-hybridized carbons (Fsp3) is 0.707. The molecule has 2 saturated heterocycles. The molecule has 10 nitrogen and oxygen atoms in total. The lowest BCUT2D eigenvalue weighted by atomic mass is 9.83. The zero-order chi connectivity index (χ0) is 36.9. The monoisotopic (exact) mass is 715 g/mol. The molecule has 3 N–H and O–H groups in total. The van der Waals surface area contributed by atoms with Crippen LogP contribution in [0.4, 0.5) is 0 Å². The molecule has 4 rings (SSSR count). The molecule has 0 aliphatic carbocycles. The fourth-order valence-electron chi connectivity index (χ4n) is 7.32. The fourth-order valence-corrected chi connectivity index (χ4v) is 7.32. The first-order valence-corrected chi connectivity index (χ1v) is 19.0. The van der Waals surface area contributed by atoms with E-state index >= 15 is 0 Å². The van der Waals surface area contributed by atoms with Crippen molar-refractivity contribution < 1.29 is 43.0 Å². The van der Waals surface area contributed by atoms with Crippen LogP contribution in [0.5, 0.6) is 0 Å². The molecule has 14 atom stereocenters. The van der Waals surface area contributed by atoms with Crippen molar-refractivity contribution in [3.05, 3.63) is 71.8 Å². The van der Waals surface area contributed by atoms with Gasteiger partial charge in [0.15, 0.2) is 12.6 Å². The highest BCUT2D eigenvalue weighted by molar-refractivity contribution is 5.14. The molecule has 2 aliphatic rings. The summed E-state index contributed by atoms with van der Waals surface area (Å²) < 4.78 is 51.5. The highest BCUT2D eigenvalue weighted by Crippen LogP contribution is 2.38. The predicted octanol–water partition coefficient (Wildman–Crippen LogP) is 6.26. The predicted molar refractivity (Wildman–Crippen MR) is 197 cm³/mol. The summed E-state index contributed by atoms with van der Waals surface area (Å²) in [4.78, 5) is 0. The van der Waals surface area contributed by atoms with Gasteiger partial charge in [0.05, 0.1) is 68.6 Å². The van der Waals surface area contributed by atoms with Crippen molar-refractivity contribution in [2.45, 2.75) is 148 Å². The standard InChI is InChI=1S/C41H65NO9/c1-9-17-34-37(43)26(3)27(4)40(49-34)51-39-29(6)48-41(28(5)38(39)47-24-31-20-15-12-16-21-31)50-36(33(10-2)45-8)22-35(32(42)25-44-7)46-23-30-18-13-11-14-19-30/h11-16,18-21,26-29,32-41,43H,9-10,17,22-25,42H2,1-8H3. The van der Waals surface area contributed by atoms with Crippen LogP contribution in [0, 0.1) is 17.8 Å². The normalized spacial score (nSPS) is 32.3. The third kappa shape index (κ3) is 11.5. The molecule has 288 valence electrons. The number of methoxy groups -OCH3 is 2. The molecule has 0 bridgehead atoms. The van der Waals surface area contributed by atoms with E-state index in [4.69, 9.17) is 43.6 Å². The van der Waals surface area contributed by atoms with E-state index < -0.39 is 37.0 Å². The number of aliphatic hydroxyl groups excluding tert-OH is 1. The molecule has 0 radical (unpaired) electrons. The maximum absolute atomic E-state index is 11.0. The Labute approximate surface area is 306 Å². The molecule has 0 saturated carbocycles. The molecule has 2 fully saturated rings. The van der Waals surface area contributed by atoms with Gasteiger partial charge in [-0.1, -0.05) is 102 Å². The Morgan fingerprint density at radius 1 is 0.765 bits per heavy atom. The Hall–Kier alpha value is -1.96. The summed E-state index contributed by atoms with van der Waals surface area (Å²) in [7, 11) is 3.35. The van der Waals surface area contributed by atoms with Crippen molar-refractivity contribution >= 4 is 0 Å². The Morgan fingerprint density at radius 2 is 1.41 bits per heavy atom.